The van der Waals surface area contributed by atoms with Gasteiger partial charge in [0, 0.05) is 11.9 Å². The second-order valence-electron chi connectivity index (χ2n) is 5.88. The van der Waals surface area contributed by atoms with Crippen LogP contribution in [0.15, 0.2) is 48.8 Å². The lowest BCUT2D eigenvalue weighted by Gasteiger charge is -2.12. The zero-order chi connectivity index (χ0) is 17.3. The van der Waals surface area contributed by atoms with Crippen LogP contribution in [0.2, 0.25) is 0 Å². The number of rotatable bonds is 3. The van der Waals surface area contributed by atoms with Crippen molar-refractivity contribution in [3.05, 3.63) is 76.9 Å². The van der Waals surface area contributed by atoms with Crippen LogP contribution in [0.1, 0.15) is 27.0 Å². The molecule has 1 N–H and O–H groups in total. The van der Waals surface area contributed by atoms with Crippen molar-refractivity contribution in [1.82, 2.24) is 9.78 Å². The average Bonchev–Trinajstić information content (AvgIpc) is 3.01. The minimum atomic E-state index is -0.311. The molecule has 0 radical (unpaired) electrons. The van der Waals surface area contributed by atoms with Crippen LogP contribution < -0.4 is 5.32 Å². The molecule has 0 fully saturated rings. The van der Waals surface area contributed by atoms with E-state index >= 15 is 0 Å². The number of nitrogens with zero attached hydrogens (tertiary/aromatic N) is 2. The number of carbonyl (C=O) groups excluding carboxylic acids is 1. The highest BCUT2D eigenvalue weighted by Crippen LogP contribution is 2.22. The predicted molar refractivity (Wildman–Crippen MR) is 92.1 cm³/mol. The van der Waals surface area contributed by atoms with E-state index in [1.807, 2.05) is 32.9 Å². The summed E-state index contributed by atoms with van der Waals surface area (Å²) in [5.41, 5.74) is 5.16. The summed E-state index contributed by atoms with van der Waals surface area (Å²) < 4.78 is 14.5. The van der Waals surface area contributed by atoms with Crippen molar-refractivity contribution in [3.63, 3.8) is 0 Å². The van der Waals surface area contributed by atoms with E-state index in [-0.39, 0.29) is 11.7 Å². The molecule has 1 amide bonds. The zero-order valence-electron chi connectivity index (χ0n) is 13.8. The Hall–Kier alpha value is -2.95. The number of aromatic nitrogens is 2. The van der Waals surface area contributed by atoms with Crippen molar-refractivity contribution in [2.75, 3.05) is 5.32 Å². The molecule has 2 aromatic carbocycles. The number of hydrogen-bond donors (Lipinski definition) is 1. The molecule has 0 bridgehead atoms. The second kappa shape index (κ2) is 6.28. The van der Waals surface area contributed by atoms with Gasteiger partial charge in [-0.1, -0.05) is 17.7 Å². The highest BCUT2D eigenvalue weighted by atomic mass is 19.1. The standard InChI is InChI=1S/C19H18FN3O/c1-12-8-13(2)18(14(3)9-12)22-19(24)15-10-21-23(11-15)17-6-4-16(20)5-7-17/h4-11H,1-3H3,(H,22,24). The fourth-order valence-corrected chi connectivity index (χ4v) is 2.74. The van der Waals surface area contributed by atoms with Crippen molar-refractivity contribution < 1.29 is 9.18 Å². The predicted octanol–water partition coefficient (Wildman–Crippen LogP) is 4.19. The first-order chi connectivity index (χ1) is 11.4. The molecule has 5 heteroatoms. The Kier molecular flexibility index (Phi) is 4.16. The summed E-state index contributed by atoms with van der Waals surface area (Å²) in [5.74, 6) is -0.535. The summed E-state index contributed by atoms with van der Waals surface area (Å²) in [5, 5.41) is 7.11. The maximum absolute atomic E-state index is 13.0. The Balaban J connectivity index is 1.83. The van der Waals surface area contributed by atoms with E-state index in [4.69, 9.17) is 0 Å². The molecule has 4 nitrogen and oxygen atoms in total. The maximum atomic E-state index is 13.0. The fourth-order valence-electron chi connectivity index (χ4n) is 2.74. The van der Waals surface area contributed by atoms with Gasteiger partial charge in [0.2, 0.25) is 0 Å². The molecule has 0 aliphatic rings. The summed E-state index contributed by atoms with van der Waals surface area (Å²) in [7, 11) is 0. The van der Waals surface area contributed by atoms with Crippen LogP contribution in [0.4, 0.5) is 10.1 Å². The average molecular weight is 323 g/mol. The number of anilines is 1. The van der Waals surface area contributed by atoms with E-state index in [1.54, 1.807) is 23.0 Å². The number of amides is 1. The molecule has 0 aliphatic carbocycles. The summed E-state index contributed by atoms with van der Waals surface area (Å²) >= 11 is 0. The van der Waals surface area contributed by atoms with Gasteiger partial charge in [-0.25, -0.2) is 9.07 Å². The molecule has 1 aromatic heterocycles. The van der Waals surface area contributed by atoms with Gasteiger partial charge in [-0.15, -0.1) is 0 Å². The molecule has 24 heavy (non-hydrogen) atoms. The zero-order valence-corrected chi connectivity index (χ0v) is 13.8. The van der Waals surface area contributed by atoms with Crippen LogP contribution in [-0.4, -0.2) is 15.7 Å². The van der Waals surface area contributed by atoms with E-state index in [0.29, 0.717) is 11.3 Å². The summed E-state index contributed by atoms with van der Waals surface area (Å²) in [4.78, 5) is 12.5. The van der Waals surface area contributed by atoms with Gasteiger partial charge >= 0.3 is 0 Å². The second-order valence-corrected chi connectivity index (χ2v) is 5.88. The molecule has 3 aromatic rings. The van der Waals surface area contributed by atoms with Gasteiger partial charge in [-0.05, 0) is 56.2 Å². The van der Waals surface area contributed by atoms with Crippen LogP contribution in [0.25, 0.3) is 5.69 Å². The third kappa shape index (κ3) is 3.20. The number of benzene rings is 2. The maximum Gasteiger partial charge on any atom is 0.258 e. The number of hydrogen-bond acceptors (Lipinski definition) is 2. The van der Waals surface area contributed by atoms with Crippen LogP contribution in [0.3, 0.4) is 0 Å². The van der Waals surface area contributed by atoms with Gasteiger partial charge in [0.25, 0.3) is 5.91 Å². The summed E-state index contributed by atoms with van der Waals surface area (Å²) in [6.45, 7) is 5.97. The van der Waals surface area contributed by atoms with Gasteiger partial charge in [-0.2, -0.15) is 5.10 Å². The lowest BCUT2D eigenvalue weighted by Crippen LogP contribution is -2.13. The van der Waals surface area contributed by atoms with Crippen LogP contribution in [-0.2, 0) is 0 Å². The normalized spacial score (nSPS) is 10.7. The lowest BCUT2D eigenvalue weighted by atomic mass is 10.0. The first kappa shape index (κ1) is 15.9. The van der Waals surface area contributed by atoms with Crippen molar-refractivity contribution in [1.29, 1.82) is 0 Å². The van der Waals surface area contributed by atoms with Crippen molar-refractivity contribution in [2.45, 2.75) is 20.8 Å². The van der Waals surface area contributed by atoms with Crippen molar-refractivity contribution >= 4 is 11.6 Å². The Labute approximate surface area is 139 Å². The Bertz CT molecular complexity index is 874. The number of halogens is 1. The first-order valence-corrected chi connectivity index (χ1v) is 7.64. The smallest absolute Gasteiger partial charge is 0.258 e. The minimum Gasteiger partial charge on any atom is -0.321 e. The highest BCUT2D eigenvalue weighted by molar-refractivity contribution is 6.04. The van der Waals surface area contributed by atoms with E-state index in [1.165, 1.54) is 18.3 Å². The van der Waals surface area contributed by atoms with Crippen molar-refractivity contribution in [3.8, 4) is 5.69 Å². The molecule has 0 aliphatic heterocycles. The van der Waals surface area contributed by atoms with Crippen LogP contribution in [0, 0.1) is 26.6 Å². The van der Waals surface area contributed by atoms with E-state index < -0.39 is 0 Å². The molecule has 0 unspecified atom stereocenters. The molecule has 0 saturated heterocycles. The highest BCUT2D eigenvalue weighted by Gasteiger charge is 2.13. The Morgan fingerprint density at radius 3 is 2.33 bits per heavy atom. The molecule has 3 rings (SSSR count). The van der Waals surface area contributed by atoms with Gasteiger partial charge < -0.3 is 5.32 Å². The topological polar surface area (TPSA) is 46.9 Å². The largest absolute Gasteiger partial charge is 0.321 e. The lowest BCUT2D eigenvalue weighted by molar-refractivity contribution is 0.102. The molecule has 0 atom stereocenters. The van der Waals surface area contributed by atoms with Crippen molar-refractivity contribution in [2.24, 2.45) is 0 Å². The minimum absolute atomic E-state index is 0.224. The quantitative estimate of drug-likeness (QED) is 0.785. The third-order valence-corrected chi connectivity index (χ3v) is 3.85. The Morgan fingerprint density at radius 2 is 1.71 bits per heavy atom. The Morgan fingerprint density at radius 1 is 1.08 bits per heavy atom. The van der Waals surface area contributed by atoms with Gasteiger partial charge in [0.05, 0.1) is 17.4 Å². The molecular formula is C19H18FN3O. The monoisotopic (exact) mass is 323 g/mol. The third-order valence-electron chi connectivity index (χ3n) is 3.85. The molecule has 0 saturated carbocycles. The number of carbonyl (C=O) groups is 1. The van der Waals surface area contributed by atoms with Crippen LogP contribution >= 0.6 is 0 Å². The number of nitrogens with one attached hydrogen (secondary N) is 1. The van der Waals surface area contributed by atoms with E-state index in [9.17, 15) is 9.18 Å². The SMILES string of the molecule is Cc1cc(C)c(NC(=O)c2cnn(-c3ccc(F)cc3)c2)c(C)c1. The van der Waals surface area contributed by atoms with Gasteiger partial charge in [0.15, 0.2) is 0 Å². The summed E-state index contributed by atoms with van der Waals surface area (Å²) in [6, 6.07) is 10.00. The summed E-state index contributed by atoms with van der Waals surface area (Å²) in [6.07, 6.45) is 3.12. The van der Waals surface area contributed by atoms with E-state index in [2.05, 4.69) is 10.4 Å². The molecule has 122 valence electrons. The fraction of sp³-hybridized carbons (Fsp3) is 0.158. The van der Waals surface area contributed by atoms with Gasteiger partial charge in [0.1, 0.15) is 5.82 Å². The first-order valence-electron chi connectivity index (χ1n) is 7.64. The molecule has 1 heterocycles. The van der Waals surface area contributed by atoms with E-state index in [0.717, 1.165) is 22.4 Å². The molecule has 0 spiro atoms. The van der Waals surface area contributed by atoms with Crippen LogP contribution in [0.5, 0.6) is 0 Å². The number of aryl methyl sites for hydroxylation is 3. The molecular weight excluding hydrogens is 305 g/mol. The van der Waals surface area contributed by atoms with Gasteiger partial charge in [-0.3, -0.25) is 4.79 Å².